The highest BCUT2D eigenvalue weighted by atomic mass is 35.5. The highest BCUT2D eigenvalue weighted by Gasteiger charge is 2.26. The molecule has 2 aliphatic rings. The van der Waals surface area contributed by atoms with Crippen LogP contribution < -0.4 is 20.3 Å². The topological polar surface area (TPSA) is 143 Å². The van der Waals surface area contributed by atoms with Gasteiger partial charge in [-0.3, -0.25) is 9.69 Å². The minimum absolute atomic E-state index is 0.00759. The zero-order valence-electron chi connectivity index (χ0n) is 20.2. The molecule has 0 spiro atoms. The summed E-state index contributed by atoms with van der Waals surface area (Å²) >= 11 is 6.27. The lowest BCUT2D eigenvalue weighted by atomic mass is 9.93. The quantitative estimate of drug-likeness (QED) is 0.322. The Morgan fingerprint density at radius 2 is 1.92 bits per heavy atom. The van der Waals surface area contributed by atoms with Crippen LogP contribution >= 0.6 is 11.6 Å². The van der Waals surface area contributed by atoms with E-state index in [9.17, 15) is 20.1 Å². The number of nitrogens with zero attached hydrogens (tertiary/aromatic N) is 4. The van der Waals surface area contributed by atoms with Crippen LogP contribution in [0.1, 0.15) is 41.6 Å². The van der Waals surface area contributed by atoms with Crippen molar-refractivity contribution in [2.24, 2.45) is 0 Å². The summed E-state index contributed by atoms with van der Waals surface area (Å²) in [5, 5.41) is 35.4. The molecule has 0 bridgehead atoms. The van der Waals surface area contributed by atoms with Crippen molar-refractivity contribution < 1.29 is 24.9 Å². The predicted octanol–water partition coefficient (Wildman–Crippen LogP) is 1.17. The Labute approximate surface area is 215 Å². The molecule has 1 aromatic heterocycles. The van der Waals surface area contributed by atoms with Gasteiger partial charge in [-0.1, -0.05) is 17.7 Å². The Bertz CT molecular complexity index is 1040. The summed E-state index contributed by atoms with van der Waals surface area (Å²) in [7, 11) is 1.56. The first kappa shape index (κ1) is 26.4. The van der Waals surface area contributed by atoms with E-state index in [1.807, 2.05) is 11.0 Å². The van der Waals surface area contributed by atoms with Crippen LogP contribution in [0.25, 0.3) is 0 Å². The number of carbonyl (C=O) groups excluding carboxylic acids is 1. The first-order chi connectivity index (χ1) is 17.3. The van der Waals surface area contributed by atoms with E-state index in [1.54, 1.807) is 24.1 Å². The smallest absolute Gasteiger partial charge is 0.256 e. The number of amides is 1. The SMILES string of the molecule is COc1ccc(CNc2nc(N3CCN(C(O)O)CC3)ncc2C(=O)NC2CCC(O)CC2)cc1Cl. The Morgan fingerprint density at radius 3 is 2.56 bits per heavy atom. The lowest BCUT2D eigenvalue weighted by Crippen LogP contribution is -2.50. The molecule has 0 radical (unpaired) electrons. The molecule has 4 rings (SSSR count). The van der Waals surface area contributed by atoms with E-state index in [1.165, 1.54) is 6.20 Å². The third-order valence-electron chi connectivity index (χ3n) is 6.65. The van der Waals surface area contributed by atoms with Gasteiger partial charge in [-0.05, 0) is 43.4 Å². The largest absolute Gasteiger partial charge is 0.495 e. The number of piperazine rings is 1. The molecule has 0 atom stereocenters. The molecule has 1 saturated heterocycles. The van der Waals surface area contributed by atoms with Crippen molar-refractivity contribution in [2.45, 2.75) is 50.8 Å². The van der Waals surface area contributed by atoms with E-state index in [2.05, 4.69) is 20.6 Å². The number of rotatable bonds is 8. The molecular weight excluding hydrogens is 488 g/mol. The number of carbonyl (C=O) groups is 1. The van der Waals surface area contributed by atoms with Gasteiger partial charge in [0.25, 0.3) is 5.91 Å². The van der Waals surface area contributed by atoms with Crippen LogP contribution in [0.5, 0.6) is 5.75 Å². The summed E-state index contributed by atoms with van der Waals surface area (Å²) < 4.78 is 5.22. The van der Waals surface area contributed by atoms with Gasteiger partial charge in [-0.2, -0.15) is 4.98 Å². The molecule has 36 heavy (non-hydrogen) atoms. The van der Waals surface area contributed by atoms with Gasteiger partial charge in [0.15, 0.2) is 0 Å². The maximum absolute atomic E-state index is 13.2. The van der Waals surface area contributed by atoms with Gasteiger partial charge in [-0.25, -0.2) is 4.98 Å². The van der Waals surface area contributed by atoms with Gasteiger partial charge in [0.05, 0.1) is 18.2 Å². The molecule has 11 nitrogen and oxygen atoms in total. The van der Waals surface area contributed by atoms with Crippen LogP contribution in [0, 0.1) is 0 Å². The Hall–Kier alpha value is -2.70. The van der Waals surface area contributed by atoms with Crippen LogP contribution in [0.4, 0.5) is 11.8 Å². The maximum Gasteiger partial charge on any atom is 0.256 e. The number of hydrogen-bond acceptors (Lipinski definition) is 10. The lowest BCUT2D eigenvalue weighted by molar-refractivity contribution is -0.156. The Kier molecular flexibility index (Phi) is 8.81. The van der Waals surface area contributed by atoms with Crippen molar-refractivity contribution in [1.82, 2.24) is 20.2 Å². The van der Waals surface area contributed by atoms with Gasteiger partial charge in [-0.15, -0.1) is 0 Å². The maximum atomic E-state index is 13.2. The van der Waals surface area contributed by atoms with Crippen LogP contribution in [0.15, 0.2) is 24.4 Å². The molecule has 1 aliphatic carbocycles. The molecule has 0 unspecified atom stereocenters. The number of anilines is 2. The number of halogens is 1. The Morgan fingerprint density at radius 1 is 1.19 bits per heavy atom. The summed E-state index contributed by atoms with van der Waals surface area (Å²) in [6.45, 7) is 2.30. The van der Waals surface area contributed by atoms with Crippen molar-refractivity contribution >= 4 is 29.3 Å². The average molecular weight is 521 g/mol. The summed E-state index contributed by atoms with van der Waals surface area (Å²) in [5.74, 6) is 1.15. The minimum atomic E-state index is -1.49. The zero-order chi connectivity index (χ0) is 25.7. The van der Waals surface area contributed by atoms with E-state index < -0.39 is 6.41 Å². The van der Waals surface area contributed by atoms with Crippen molar-refractivity contribution in [1.29, 1.82) is 0 Å². The predicted molar refractivity (Wildman–Crippen MR) is 135 cm³/mol. The molecule has 2 fully saturated rings. The van der Waals surface area contributed by atoms with Crippen LogP contribution in [0.3, 0.4) is 0 Å². The molecule has 1 aromatic carbocycles. The minimum Gasteiger partial charge on any atom is -0.495 e. The van der Waals surface area contributed by atoms with E-state index >= 15 is 0 Å². The third-order valence-corrected chi connectivity index (χ3v) is 6.95. The first-order valence-electron chi connectivity index (χ1n) is 12.1. The van der Waals surface area contributed by atoms with Crippen molar-refractivity contribution in [2.75, 3.05) is 43.5 Å². The Balaban J connectivity index is 1.52. The fourth-order valence-corrected chi connectivity index (χ4v) is 4.75. The second-order valence-electron chi connectivity index (χ2n) is 9.10. The molecule has 1 aliphatic heterocycles. The normalized spacial score (nSPS) is 20.9. The number of benzene rings is 1. The summed E-state index contributed by atoms with van der Waals surface area (Å²) in [6.07, 6.45) is 2.50. The fourth-order valence-electron chi connectivity index (χ4n) is 4.47. The van der Waals surface area contributed by atoms with Crippen molar-refractivity contribution in [3.8, 4) is 5.75 Å². The van der Waals surface area contributed by atoms with Crippen molar-refractivity contribution in [3.63, 3.8) is 0 Å². The molecule has 196 valence electrons. The van der Waals surface area contributed by atoms with Gasteiger partial charge in [0.1, 0.15) is 17.1 Å². The van der Waals surface area contributed by atoms with Crippen molar-refractivity contribution in [3.05, 3.63) is 40.5 Å². The highest BCUT2D eigenvalue weighted by Crippen LogP contribution is 2.26. The van der Waals surface area contributed by atoms with Crippen LogP contribution in [-0.2, 0) is 6.54 Å². The zero-order valence-corrected chi connectivity index (χ0v) is 21.0. The van der Waals surface area contributed by atoms with Crippen LogP contribution in [0.2, 0.25) is 5.02 Å². The van der Waals surface area contributed by atoms with Crippen LogP contribution in [-0.4, -0.2) is 87.9 Å². The molecule has 2 aromatic rings. The fraction of sp³-hybridized carbons (Fsp3) is 0.542. The summed E-state index contributed by atoms with van der Waals surface area (Å²) in [4.78, 5) is 25.8. The number of ether oxygens (including phenoxy) is 1. The standard InChI is InChI=1S/C24H33ClN6O5/c1-36-20-7-2-15(12-19(20)25)13-26-21-18(22(33)28-16-3-5-17(32)6-4-16)14-27-23(29-21)30-8-10-31(11-9-30)24(34)35/h2,7,12,14,16-17,24,32,34-35H,3-6,8-11,13H2,1H3,(H,28,33)(H,26,27,29). The molecule has 12 heteroatoms. The molecule has 2 heterocycles. The molecule has 1 amide bonds. The lowest BCUT2D eigenvalue weighted by Gasteiger charge is -2.35. The number of hydrogen-bond donors (Lipinski definition) is 5. The average Bonchev–Trinajstić information content (AvgIpc) is 2.88. The second kappa shape index (κ2) is 12.0. The molecule has 1 saturated carbocycles. The summed E-state index contributed by atoms with van der Waals surface area (Å²) in [5.41, 5.74) is 1.22. The first-order valence-corrected chi connectivity index (χ1v) is 12.5. The van der Waals surface area contributed by atoms with E-state index in [4.69, 9.17) is 16.3 Å². The van der Waals surface area contributed by atoms with Gasteiger partial charge >= 0.3 is 0 Å². The monoisotopic (exact) mass is 520 g/mol. The van der Waals surface area contributed by atoms with E-state index in [-0.39, 0.29) is 18.1 Å². The van der Waals surface area contributed by atoms with Gasteiger partial charge in [0.2, 0.25) is 12.4 Å². The molecule has 5 N–H and O–H groups in total. The number of nitrogens with one attached hydrogen (secondary N) is 2. The number of aliphatic hydroxyl groups is 3. The summed E-state index contributed by atoms with van der Waals surface area (Å²) in [6, 6.07) is 5.45. The number of methoxy groups -OCH3 is 1. The molecular formula is C24H33ClN6O5. The number of aromatic nitrogens is 2. The van der Waals surface area contributed by atoms with E-state index in [0.717, 1.165) is 18.4 Å². The highest BCUT2D eigenvalue weighted by molar-refractivity contribution is 6.32. The second-order valence-corrected chi connectivity index (χ2v) is 9.51. The third kappa shape index (κ3) is 6.54. The number of aliphatic hydroxyl groups excluding tert-OH is 2. The van der Waals surface area contributed by atoms with E-state index in [0.29, 0.717) is 73.7 Å². The van der Waals surface area contributed by atoms with Gasteiger partial charge in [0, 0.05) is 45.0 Å². The van der Waals surface area contributed by atoms with Gasteiger partial charge < -0.3 is 35.6 Å².